The Kier molecular flexibility index (Phi) is 5.34. The first-order valence-electron chi connectivity index (χ1n) is 5.72. The van der Waals surface area contributed by atoms with Gasteiger partial charge in [-0.05, 0) is 13.0 Å². The largest absolute Gasteiger partial charge is 0.330 e. The van der Waals surface area contributed by atoms with Crippen LogP contribution in [0.5, 0.6) is 0 Å². The van der Waals surface area contributed by atoms with Gasteiger partial charge in [-0.15, -0.1) is 6.42 Å². The number of sulfonamides is 1. The van der Waals surface area contributed by atoms with Crippen LogP contribution in [0.25, 0.3) is 0 Å². The number of terminal acetylenes is 1. The molecule has 6 nitrogen and oxygen atoms in total. The van der Waals surface area contributed by atoms with E-state index in [9.17, 15) is 8.42 Å². The van der Waals surface area contributed by atoms with Crippen LogP contribution in [0.15, 0.2) is 17.3 Å². The number of nitrogens with two attached hydrogens (primary N) is 1. The molecule has 1 aromatic heterocycles. The van der Waals surface area contributed by atoms with Crippen LogP contribution >= 0.6 is 0 Å². The summed E-state index contributed by atoms with van der Waals surface area (Å²) in [6, 6.07) is 0. The van der Waals surface area contributed by atoms with Crippen LogP contribution in [0.2, 0.25) is 0 Å². The molecule has 100 valence electrons. The Hall–Kier alpha value is -1.36. The van der Waals surface area contributed by atoms with Crippen LogP contribution < -0.4 is 5.73 Å². The molecule has 0 fully saturated rings. The second-order valence-corrected chi connectivity index (χ2v) is 5.65. The minimum absolute atomic E-state index is 0.0623. The van der Waals surface area contributed by atoms with Gasteiger partial charge >= 0.3 is 0 Å². The zero-order valence-corrected chi connectivity index (χ0v) is 11.2. The third kappa shape index (κ3) is 3.32. The van der Waals surface area contributed by atoms with E-state index < -0.39 is 10.0 Å². The maximum atomic E-state index is 12.2. The Bertz CT molecular complexity index is 515. The lowest BCUT2D eigenvalue weighted by molar-refractivity contribution is 0.464. The molecule has 0 aliphatic carbocycles. The molecule has 0 bridgehead atoms. The standard InChI is InChI=1S/C11H18N4O2S/c1-3-7-15(4-2)18(16,17)11-9-13-14(10-11)8-5-6-12/h1,9-10H,4-8,12H2,2H3. The zero-order valence-electron chi connectivity index (χ0n) is 10.4. The Morgan fingerprint density at radius 1 is 1.61 bits per heavy atom. The fourth-order valence-electron chi connectivity index (χ4n) is 1.47. The molecular formula is C11H18N4O2S. The molecule has 0 unspecified atom stereocenters. The van der Waals surface area contributed by atoms with Crippen molar-refractivity contribution in [1.29, 1.82) is 0 Å². The lowest BCUT2D eigenvalue weighted by Crippen LogP contribution is -2.31. The van der Waals surface area contributed by atoms with Crippen LogP contribution in [-0.2, 0) is 16.6 Å². The van der Waals surface area contributed by atoms with E-state index in [-0.39, 0.29) is 11.4 Å². The van der Waals surface area contributed by atoms with E-state index in [2.05, 4.69) is 11.0 Å². The van der Waals surface area contributed by atoms with Crippen LogP contribution in [-0.4, -0.2) is 42.1 Å². The van der Waals surface area contributed by atoms with Crippen LogP contribution in [0.3, 0.4) is 0 Å². The first kappa shape index (κ1) is 14.7. The number of hydrogen-bond acceptors (Lipinski definition) is 4. The van der Waals surface area contributed by atoms with Gasteiger partial charge < -0.3 is 5.73 Å². The third-order valence-corrected chi connectivity index (χ3v) is 4.33. The van der Waals surface area contributed by atoms with Gasteiger partial charge in [0.05, 0.1) is 12.7 Å². The summed E-state index contributed by atoms with van der Waals surface area (Å²) < 4.78 is 27.2. The van der Waals surface area contributed by atoms with Crippen molar-refractivity contribution in [3.8, 4) is 12.3 Å². The summed E-state index contributed by atoms with van der Waals surface area (Å²) in [6.07, 6.45) is 8.76. The molecule has 1 rings (SSSR count). The average molecular weight is 270 g/mol. The first-order chi connectivity index (χ1) is 8.56. The number of nitrogens with zero attached hydrogens (tertiary/aromatic N) is 3. The highest BCUT2D eigenvalue weighted by atomic mass is 32.2. The average Bonchev–Trinajstić information content (AvgIpc) is 2.82. The van der Waals surface area contributed by atoms with Gasteiger partial charge in [0.2, 0.25) is 10.0 Å². The minimum Gasteiger partial charge on any atom is -0.330 e. The highest BCUT2D eigenvalue weighted by molar-refractivity contribution is 7.89. The molecule has 1 aromatic rings. The summed E-state index contributed by atoms with van der Waals surface area (Å²) >= 11 is 0. The lowest BCUT2D eigenvalue weighted by Gasteiger charge is -2.16. The third-order valence-electron chi connectivity index (χ3n) is 2.46. The molecule has 0 saturated carbocycles. The van der Waals surface area contributed by atoms with E-state index in [0.29, 0.717) is 19.6 Å². The summed E-state index contributed by atoms with van der Waals surface area (Å²) in [5, 5.41) is 4.00. The zero-order chi connectivity index (χ0) is 13.6. The maximum Gasteiger partial charge on any atom is 0.247 e. The molecule has 0 saturated heterocycles. The van der Waals surface area contributed by atoms with Gasteiger partial charge in [0.25, 0.3) is 0 Å². The molecule has 0 aliphatic heterocycles. The molecule has 0 aliphatic rings. The Morgan fingerprint density at radius 3 is 2.89 bits per heavy atom. The number of aromatic nitrogens is 2. The molecule has 0 spiro atoms. The van der Waals surface area contributed by atoms with Gasteiger partial charge in [-0.3, -0.25) is 4.68 Å². The van der Waals surface area contributed by atoms with E-state index in [4.69, 9.17) is 12.2 Å². The highest BCUT2D eigenvalue weighted by Crippen LogP contribution is 2.14. The topological polar surface area (TPSA) is 81.2 Å². The molecule has 2 N–H and O–H groups in total. The van der Waals surface area contributed by atoms with E-state index in [1.54, 1.807) is 11.6 Å². The van der Waals surface area contributed by atoms with Gasteiger partial charge in [0.15, 0.2) is 0 Å². The number of aryl methyl sites for hydroxylation is 1. The van der Waals surface area contributed by atoms with Gasteiger partial charge in [-0.2, -0.15) is 9.40 Å². The SMILES string of the molecule is C#CCN(CC)S(=O)(=O)c1cnn(CCCN)c1. The van der Waals surface area contributed by atoms with Gasteiger partial charge in [-0.1, -0.05) is 12.8 Å². The summed E-state index contributed by atoms with van der Waals surface area (Å²) in [5.41, 5.74) is 5.39. The van der Waals surface area contributed by atoms with Crippen molar-refractivity contribution in [2.45, 2.75) is 24.8 Å². The van der Waals surface area contributed by atoms with Crippen molar-refractivity contribution in [1.82, 2.24) is 14.1 Å². The van der Waals surface area contributed by atoms with E-state index in [1.807, 2.05) is 0 Å². The Morgan fingerprint density at radius 2 is 2.33 bits per heavy atom. The quantitative estimate of drug-likeness (QED) is 0.700. The van der Waals surface area contributed by atoms with Crippen molar-refractivity contribution >= 4 is 10.0 Å². The maximum absolute atomic E-state index is 12.2. The lowest BCUT2D eigenvalue weighted by atomic mass is 10.4. The second kappa shape index (κ2) is 6.54. The van der Waals surface area contributed by atoms with Gasteiger partial charge in [0, 0.05) is 19.3 Å². The van der Waals surface area contributed by atoms with Crippen molar-refractivity contribution < 1.29 is 8.42 Å². The summed E-state index contributed by atoms with van der Waals surface area (Å²) in [7, 11) is -3.54. The van der Waals surface area contributed by atoms with Crippen molar-refractivity contribution in [3.05, 3.63) is 12.4 Å². The van der Waals surface area contributed by atoms with Crippen LogP contribution in [0.4, 0.5) is 0 Å². The van der Waals surface area contributed by atoms with E-state index >= 15 is 0 Å². The van der Waals surface area contributed by atoms with Crippen LogP contribution in [0.1, 0.15) is 13.3 Å². The summed E-state index contributed by atoms with van der Waals surface area (Å²) in [4.78, 5) is 0.164. The predicted octanol–water partition coefficient (Wildman–Crippen LogP) is -0.124. The molecule has 18 heavy (non-hydrogen) atoms. The molecule has 0 atom stereocenters. The normalized spacial score (nSPS) is 11.7. The second-order valence-electron chi connectivity index (χ2n) is 3.72. The van der Waals surface area contributed by atoms with Crippen molar-refractivity contribution in [2.75, 3.05) is 19.6 Å². The van der Waals surface area contributed by atoms with Gasteiger partial charge in [-0.25, -0.2) is 8.42 Å². The molecular weight excluding hydrogens is 252 g/mol. The Labute approximate surface area is 108 Å². The molecule has 7 heteroatoms. The Balaban J connectivity index is 2.91. The monoisotopic (exact) mass is 270 g/mol. The van der Waals surface area contributed by atoms with Crippen LogP contribution in [0, 0.1) is 12.3 Å². The van der Waals surface area contributed by atoms with Crippen molar-refractivity contribution in [2.24, 2.45) is 5.73 Å². The number of hydrogen-bond donors (Lipinski definition) is 1. The highest BCUT2D eigenvalue weighted by Gasteiger charge is 2.23. The van der Waals surface area contributed by atoms with Crippen molar-refractivity contribution in [3.63, 3.8) is 0 Å². The van der Waals surface area contributed by atoms with E-state index in [1.165, 1.54) is 16.7 Å². The molecule has 0 radical (unpaired) electrons. The molecule has 0 aromatic carbocycles. The number of rotatable bonds is 7. The first-order valence-corrected chi connectivity index (χ1v) is 7.16. The predicted molar refractivity (Wildman–Crippen MR) is 69.2 cm³/mol. The fraction of sp³-hybridized carbons (Fsp3) is 0.545. The smallest absolute Gasteiger partial charge is 0.247 e. The van der Waals surface area contributed by atoms with Gasteiger partial charge in [0.1, 0.15) is 4.90 Å². The molecule has 1 heterocycles. The van der Waals surface area contributed by atoms with E-state index in [0.717, 1.165) is 6.42 Å². The molecule has 0 amide bonds. The summed E-state index contributed by atoms with van der Waals surface area (Å²) in [6.45, 7) is 3.29. The summed E-state index contributed by atoms with van der Waals surface area (Å²) in [5.74, 6) is 2.34. The minimum atomic E-state index is -3.54. The fourth-order valence-corrected chi connectivity index (χ4v) is 2.79.